The number of carbonyl (C=O) groups excluding carboxylic acids is 1. The first-order chi connectivity index (χ1) is 15.7. The highest BCUT2D eigenvalue weighted by Gasteiger charge is 2.43. The van der Waals surface area contributed by atoms with E-state index in [0.29, 0.717) is 24.7 Å². The van der Waals surface area contributed by atoms with Crippen molar-refractivity contribution >= 4 is 23.0 Å². The number of rotatable bonds is 8. The topological polar surface area (TPSA) is 188 Å². The summed E-state index contributed by atoms with van der Waals surface area (Å²) in [5, 5.41) is 40.2. The lowest BCUT2D eigenvalue weighted by Gasteiger charge is -2.44. The number of nitro groups is 3. The molecule has 1 aliphatic rings. The van der Waals surface area contributed by atoms with Crippen molar-refractivity contribution in [3.63, 3.8) is 0 Å². The summed E-state index contributed by atoms with van der Waals surface area (Å²) in [4.78, 5) is 42.3. The summed E-state index contributed by atoms with van der Waals surface area (Å²) in [6.45, 7) is 13.9. The molecule has 1 atom stereocenters. The molecule has 0 bridgehead atoms. The normalized spacial score (nSPS) is 15.1. The van der Waals surface area contributed by atoms with E-state index < -0.39 is 43.0 Å². The molecular formula is C20H30N4O10. The number of carbonyl (C=O) groups is 1. The van der Waals surface area contributed by atoms with Gasteiger partial charge < -0.3 is 14.6 Å². The number of aromatic hydroxyl groups is 1. The Morgan fingerprint density at radius 3 is 1.91 bits per heavy atom. The van der Waals surface area contributed by atoms with Gasteiger partial charge in [-0.25, -0.2) is 0 Å². The molecule has 190 valence electrons. The summed E-state index contributed by atoms with van der Waals surface area (Å²) >= 11 is 0. The number of nitro benzene ring substituents is 3. The average molecular weight is 486 g/mol. The second-order valence-electron chi connectivity index (χ2n) is 8.38. The number of esters is 1. The third-order valence-corrected chi connectivity index (χ3v) is 5.27. The minimum absolute atomic E-state index is 0.102. The van der Waals surface area contributed by atoms with Gasteiger partial charge in [0.25, 0.3) is 11.4 Å². The van der Waals surface area contributed by atoms with Crippen LogP contribution in [-0.2, 0) is 14.3 Å². The minimum Gasteiger partial charge on any atom is -0.497 e. The summed E-state index contributed by atoms with van der Waals surface area (Å²) < 4.78 is 10.6. The zero-order valence-electron chi connectivity index (χ0n) is 19.8. The van der Waals surface area contributed by atoms with E-state index in [-0.39, 0.29) is 12.0 Å². The quantitative estimate of drug-likeness (QED) is 0.323. The number of non-ortho nitro benzene ring substituents is 1. The molecule has 14 nitrogen and oxygen atoms in total. The second-order valence-corrected chi connectivity index (χ2v) is 8.38. The molecule has 1 fully saturated rings. The van der Waals surface area contributed by atoms with E-state index in [1.165, 1.54) is 0 Å². The van der Waals surface area contributed by atoms with Gasteiger partial charge in [0.1, 0.15) is 0 Å². The Balaban J connectivity index is 0.000000342. The van der Waals surface area contributed by atoms with Gasteiger partial charge in [-0.1, -0.05) is 13.8 Å². The third-order valence-electron chi connectivity index (χ3n) is 5.27. The number of hydrogen-bond acceptors (Lipinski definition) is 11. The first kappa shape index (κ1) is 28.6. The van der Waals surface area contributed by atoms with Crippen molar-refractivity contribution in [2.45, 2.75) is 40.7 Å². The van der Waals surface area contributed by atoms with Gasteiger partial charge in [0.15, 0.2) is 0 Å². The summed E-state index contributed by atoms with van der Waals surface area (Å²) in [6.07, 6.45) is 0. The maximum absolute atomic E-state index is 12.2. The monoisotopic (exact) mass is 486 g/mol. The van der Waals surface area contributed by atoms with Crippen LogP contribution in [-0.4, -0.2) is 69.7 Å². The number of phenolic OH excluding ortho intramolecular Hbond substituents is 1. The average Bonchev–Trinajstić information content (AvgIpc) is 2.74. The number of nitrogens with zero attached hydrogens (tertiary/aromatic N) is 4. The largest absolute Gasteiger partial charge is 0.497 e. The fraction of sp³-hybridized carbons (Fsp3) is 0.650. The van der Waals surface area contributed by atoms with Crippen LogP contribution in [0.3, 0.4) is 0 Å². The van der Waals surface area contributed by atoms with Crippen molar-refractivity contribution < 1.29 is 34.1 Å². The first-order valence-corrected chi connectivity index (χ1v) is 10.5. The predicted octanol–water partition coefficient (Wildman–Crippen LogP) is 3.05. The minimum atomic E-state index is -1.21. The van der Waals surface area contributed by atoms with Crippen LogP contribution in [0.5, 0.6) is 5.75 Å². The fourth-order valence-corrected chi connectivity index (χ4v) is 3.98. The smallest absolute Gasteiger partial charge is 0.324 e. The molecule has 1 saturated heterocycles. The first-order valence-electron chi connectivity index (χ1n) is 10.5. The van der Waals surface area contributed by atoms with E-state index in [1.54, 1.807) is 0 Å². The zero-order valence-corrected chi connectivity index (χ0v) is 19.8. The summed E-state index contributed by atoms with van der Waals surface area (Å²) in [7, 11) is 0. The van der Waals surface area contributed by atoms with E-state index in [1.807, 2.05) is 20.8 Å². The maximum Gasteiger partial charge on any atom is 0.324 e. The predicted molar refractivity (Wildman–Crippen MR) is 120 cm³/mol. The molecule has 0 saturated carbocycles. The Hall–Kier alpha value is -3.39. The standard InChI is InChI=1S/C14H27NO3.C6H3N3O7/c1-6-18-13(16)14(4,5)12(11(2)3)15-7-9-17-10-8-15;10-6-4(8(13)14)1-3(7(11)12)2-5(6)9(15)16/h11-12H,6-10H2,1-5H3;1-2,10H. The molecule has 1 heterocycles. The molecule has 1 N–H and O–H groups in total. The maximum atomic E-state index is 12.2. The van der Waals surface area contributed by atoms with Crippen molar-refractivity contribution in [1.82, 2.24) is 4.90 Å². The van der Waals surface area contributed by atoms with Crippen LogP contribution in [0.15, 0.2) is 12.1 Å². The van der Waals surface area contributed by atoms with Gasteiger partial charge in [0.2, 0.25) is 0 Å². The Kier molecular flexibility index (Phi) is 10.3. The number of benzene rings is 1. The highest BCUT2D eigenvalue weighted by atomic mass is 16.6. The Morgan fingerprint density at radius 2 is 1.56 bits per heavy atom. The van der Waals surface area contributed by atoms with Crippen molar-refractivity contribution in [2.24, 2.45) is 11.3 Å². The Bertz CT molecular complexity index is 878. The lowest BCUT2D eigenvalue weighted by Crippen LogP contribution is -2.55. The molecule has 1 aliphatic heterocycles. The molecule has 0 spiro atoms. The lowest BCUT2D eigenvalue weighted by atomic mass is 9.77. The van der Waals surface area contributed by atoms with E-state index in [9.17, 15) is 35.1 Å². The molecule has 1 aromatic carbocycles. The third kappa shape index (κ3) is 7.05. The van der Waals surface area contributed by atoms with Gasteiger partial charge in [-0.05, 0) is 26.7 Å². The molecule has 0 aromatic heterocycles. The van der Waals surface area contributed by atoms with E-state index >= 15 is 0 Å². The Labute approximate surface area is 195 Å². The van der Waals surface area contributed by atoms with Gasteiger partial charge in [0, 0.05) is 19.1 Å². The van der Waals surface area contributed by atoms with Crippen LogP contribution in [0, 0.1) is 41.7 Å². The summed E-state index contributed by atoms with van der Waals surface area (Å²) in [5.41, 5.74) is -3.49. The zero-order chi connectivity index (χ0) is 26.2. The van der Waals surface area contributed by atoms with Gasteiger partial charge in [0.05, 0.1) is 52.1 Å². The lowest BCUT2D eigenvalue weighted by molar-refractivity contribution is -0.404. The van der Waals surface area contributed by atoms with Crippen LogP contribution in [0.25, 0.3) is 0 Å². The fourth-order valence-electron chi connectivity index (χ4n) is 3.98. The van der Waals surface area contributed by atoms with Gasteiger partial charge in [-0.15, -0.1) is 0 Å². The second kappa shape index (κ2) is 12.2. The molecule has 2 rings (SSSR count). The SMILES string of the molecule is CCOC(=O)C(C)(C)C(C(C)C)N1CCOCC1.O=[N+]([O-])c1cc([N+](=O)[O-])c(O)c([N+](=O)[O-])c1. The van der Waals surface area contributed by atoms with Crippen LogP contribution in [0.2, 0.25) is 0 Å². The van der Waals surface area contributed by atoms with Crippen molar-refractivity contribution in [1.29, 1.82) is 0 Å². The molecule has 14 heteroatoms. The summed E-state index contributed by atoms with van der Waals surface area (Å²) in [5.74, 6) is -0.904. The van der Waals surface area contributed by atoms with E-state index in [0.717, 1.165) is 26.3 Å². The number of hydrogen-bond donors (Lipinski definition) is 1. The van der Waals surface area contributed by atoms with Gasteiger partial charge in [-0.3, -0.25) is 40.0 Å². The molecule has 0 aliphatic carbocycles. The molecular weight excluding hydrogens is 456 g/mol. The van der Waals surface area contributed by atoms with Gasteiger partial charge in [-0.2, -0.15) is 0 Å². The molecule has 1 aromatic rings. The molecule has 0 amide bonds. The molecule has 0 radical (unpaired) electrons. The van der Waals surface area contributed by atoms with Crippen molar-refractivity contribution in [3.8, 4) is 5.75 Å². The van der Waals surface area contributed by atoms with E-state index in [4.69, 9.17) is 14.6 Å². The number of ether oxygens (including phenoxy) is 2. The van der Waals surface area contributed by atoms with Crippen LogP contribution >= 0.6 is 0 Å². The van der Waals surface area contributed by atoms with Crippen LogP contribution in [0.1, 0.15) is 34.6 Å². The highest BCUT2D eigenvalue weighted by Crippen LogP contribution is 2.39. The van der Waals surface area contributed by atoms with Crippen molar-refractivity contribution in [2.75, 3.05) is 32.9 Å². The van der Waals surface area contributed by atoms with Crippen LogP contribution in [0.4, 0.5) is 17.1 Å². The van der Waals surface area contributed by atoms with E-state index in [2.05, 4.69) is 18.7 Å². The number of morpholine rings is 1. The molecule has 34 heavy (non-hydrogen) atoms. The highest BCUT2D eigenvalue weighted by molar-refractivity contribution is 5.77. The van der Waals surface area contributed by atoms with Crippen molar-refractivity contribution in [3.05, 3.63) is 42.5 Å². The summed E-state index contributed by atoms with van der Waals surface area (Å²) in [6, 6.07) is 1.09. The molecule has 1 unspecified atom stereocenters. The number of phenols is 1. The van der Waals surface area contributed by atoms with Crippen LogP contribution < -0.4 is 0 Å². The Morgan fingerprint density at radius 1 is 1.09 bits per heavy atom. The van der Waals surface area contributed by atoms with Gasteiger partial charge >= 0.3 is 17.3 Å².